The van der Waals surface area contributed by atoms with Crippen LogP contribution in [0.15, 0.2) is 24.3 Å². The Morgan fingerprint density at radius 1 is 1.35 bits per heavy atom. The van der Waals surface area contributed by atoms with Crippen molar-refractivity contribution in [2.24, 2.45) is 11.3 Å². The number of benzene rings is 1. The molecule has 20 heavy (non-hydrogen) atoms. The van der Waals surface area contributed by atoms with E-state index in [0.29, 0.717) is 11.5 Å². The molecule has 2 aliphatic carbocycles. The lowest BCUT2D eigenvalue weighted by molar-refractivity contribution is 0.281. The molecule has 0 N–H and O–H groups in total. The molecule has 1 spiro atoms. The number of allylic oxidation sites excluding steroid dienone is 1. The van der Waals surface area contributed by atoms with Crippen LogP contribution >= 0.6 is 0 Å². The van der Waals surface area contributed by atoms with Crippen molar-refractivity contribution in [2.75, 3.05) is 20.7 Å². The molecule has 3 aliphatic rings. The van der Waals surface area contributed by atoms with Crippen LogP contribution in [0.5, 0.6) is 5.75 Å². The van der Waals surface area contributed by atoms with Gasteiger partial charge in [-0.1, -0.05) is 12.1 Å². The predicted molar refractivity (Wildman–Crippen MR) is 81.9 cm³/mol. The van der Waals surface area contributed by atoms with Gasteiger partial charge in [0.2, 0.25) is 0 Å². The fraction of sp³-hybridized carbons (Fsp3) is 0.556. The molecule has 1 fully saturated rings. The van der Waals surface area contributed by atoms with Gasteiger partial charge in [-0.05, 0) is 68.0 Å². The van der Waals surface area contributed by atoms with E-state index in [9.17, 15) is 0 Å². The van der Waals surface area contributed by atoms with Gasteiger partial charge in [0.05, 0.1) is 7.11 Å². The number of hydrogen-bond donors (Lipinski definition) is 0. The Kier molecular flexibility index (Phi) is 2.56. The second-order valence-corrected chi connectivity index (χ2v) is 6.79. The van der Waals surface area contributed by atoms with Crippen molar-refractivity contribution in [3.63, 3.8) is 0 Å². The third kappa shape index (κ3) is 1.43. The Morgan fingerprint density at radius 3 is 3.00 bits per heavy atom. The highest BCUT2D eigenvalue weighted by molar-refractivity contribution is 5.78. The zero-order chi connectivity index (χ0) is 13.9. The van der Waals surface area contributed by atoms with Gasteiger partial charge in [0.1, 0.15) is 5.75 Å². The Hall–Kier alpha value is -1.28. The van der Waals surface area contributed by atoms with Crippen molar-refractivity contribution in [2.45, 2.75) is 32.2 Å². The van der Waals surface area contributed by atoms with Gasteiger partial charge in [0.15, 0.2) is 0 Å². The summed E-state index contributed by atoms with van der Waals surface area (Å²) >= 11 is 0. The van der Waals surface area contributed by atoms with E-state index in [4.69, 9.17) is 4.74 Å². The Morgan fingerprint density at radius 2 is 2.20 bits per heavy atom. The van der Waals surface area contributed by atoms with Crippen molar-refractivity contribution in [1.82, 2.24) is 4.90 Å². The summed E-state index contributed by atoms with van der Waals surface area (Å²) in [4.78, 5) is 2.56. The molecular formula is C18H23NO. The van der Waals surface area contributed by atoms with Gasteiger partial charge in [-0.15, -0.1) is 0 Å². The molecule has 106 valence electrons. The predicted octanol–water partition coefficient (Wildman–Crippen LogP) is 3.37. The summed E-state index contributed by atoms with van der Waals surface area (Å²) in [5.41, 5.74) is 5.02. The first-order valence-corrected chi connectivity index (χ1v) is 7.74. The molecule has 0 unspecified atom stereocenters. The van der Waals surface area contributed by atoms with Crippen LogP contribution in [0.25, 0.3) is 5.57 Å². The third-order valence-electron chi connectivity index (χ3n) is 6.07. The van der Waals surface area contributed by atoms with Crippen molar-refractivity contribution < 1.29 is 4.74 Å². The maximum Gasteiger partial charge on any atom is 0.119 e. The van der Waals surface area contributed by atoms with Crippen molar-refractivity contribution >= 4 is 5.57 Å². The number of likely N-dealkylation sites (tertiary alicyclic amines) is 1. The van der Waals surface area contributed by atoms with E-state index in [0.717, 1.165) is 11.7 Å². The SMILES string of the molecule is COc1ccc2c(c1)CC[C@]13CN(C)[C@H](C)[C@H]1CC=C23. The topological polar surface area (TPSA) is 12.5 Å². The molecule has 0 saturated carbocycles. The lowest BCUT2D eigenvalue weighted by Crippen LogP contribution is -2.32. The normalized spacial score (nSPS) is 35.2. The quantitative estimate of drug-likeness (QED) is 0.775. The lowest BCUT2D eigenvalue weighted by atomic mass is 9.65. The molecule has 3 atom stereocenters. The molecule has 4 rings (SSSR count). The van der Waals surface area contributed by atoms with Crippen LogP contribution in [0.2, 0.25) is 0 Å². The molecule has 1 aromatic rings. The Bertz CT molecular complexity index is 591. The Labute approximate surface area is 121 Å². The number of nitrogens with zero attached hydrogens (tertiary/aromatic N) is 1. The number of fused-ring (bicyclic) bond motifs is 2. The van der Waals surface area contributed by atoms with Gasteiger partial charge in [-0.2, -0.15) is 0 Å². The minimum atomic E-state index is 0.426. The summed E-state index contributed by atoms with van der Waals surface area (Å²) in [6.45, 7) is 3.63. The van der Waals surface area contributed by atoms with E-state index in [2.05, 4.69) is 43.1 Å². The molecule has 1 saturated heterocycles. The fourth-order valence-electron chi connectivity index (χ4n) is 4.93. The van der Waals surface area contributed by atoms with Crippen LogP contribution in [0.4, 0.5) is 0 Å². The van der Waals surface area contributed by atoms with Crippen LogP contribution in [-0.4, -0.2) is 31.6 Å². The summed E-state index contributed by atoms with van der Waals surface area (Å²) in [7, 11) is 4.05. The van der Waals surface area contributed by atoms with Gasteiger partial charge in [-0.3, -0.25) is 0 Å². The van der Waals surface area contributed by atoms with Gasteiger partial charge in [0.25, 0.3) is 0 Å². The van der Waals surface area contributed by atoms with E-state index in [1.807, 2.05) is 0 Å². The van der Waals surface area contributed by atoms with Gasteiger partial charge in [-0.25, -0.2) is 0 Å². The van der Waals surface area contributed by atoms with Crippen molar-refractivity contribution in [1.29, 1.82) is 0 Å². The maximum absolute atomic E-state index is 5.38. The molecule has 2 nitrogen and oxygen atoms in total. The summed E-state index contributed by atoms with van der Waals surface area (Å²) in [5, 5.41) is 0. The van der Waals surface area contributed by atoms with E-state index < -0.39 is 0 Å². The van der Waals surface area contributed by atoms with Gasteiger partial charge in [0, 0.05) is 18.0 Å². The number of methoxy groups -OCH3 is 1. The highest BCUT2D eigenvalue weighted by atomic mass is 16.5. The first-order chi connectivity index (χ1) is 9.65. The molecular weight excluding hydrogens is 246 g/mol. The van der Waals surface area contributed by atoms with Crippen molar-refractivity contribution in [3.8, 4) is 5.75 Å². The molecule has 0 bridgehead atoms. The molecule has 1 heterocycles. The molecule has 0 aromatic heterocycles. The van der Waals surface area contributed by atoms with E-state index in [1.54, 1.807) is 12.7 Å². The van der Waals surface area contributed by atoms with E-state index in [1.165, 1.54) is 36.9 Å². The second kappa shape index (κ2) is 4.11. The lowest BCUT2D eigenvalue weighted by Gasteiger charge is -2.38. The molecule has 1 aromatic carbocycles. The van der Waals surface area contributed by atoms with Gasteiger partial charge >= 0.3 is 0 Å². The van der Waals surface area contributed by atoms with E-state index in [-0.39, 0.29) is 0 Å². The summed E-state index contributed by atoms with van der Waals surface area (Å²) in [6, 6.07) is 7.35. The van der Waals surface area contributed by atoms with Crippen molar-refractivity contribution in [3.05, 3.63) is 35.4 Å². The number of aryl methyl sites for hydroxylation is 1. The smallest absolute Gasteiger partial charge is 0.119 e. The monoisotopic (exact) mass is 269 g/mol. The highest BCUT2D eigenvalue weighted by Gasteiger charge is 2.55. The Balaban J connectivity index is 1.80. The standard InChI is InChI=1S/C18H23NO/c1-12-16-6-7-17-15-5-4-14(20-3)10-13(15)8-9-18(16,17)11-19(12)2/h4-5,7,10,12,16H,6,8-9,11H2,1-3H3/t12-,16-,18+/m1/s1. The van der Waals surface area contributed by atoms with E-state index >= 15 is 0 Å². The largest absolute Gasteiger partial charge is 0.497 e. The summed E-state index contributed by atoms with van der Waals surface area (Å²) < 4.78 is 5.38. The number of hydrogen-bond acceptors (Lipinski definition) is 2. The summed E-state index contributed by atoms with van der Waals surface area (Å²) in [5.74, 6) is 1.81. The first kappa shape index (κ1) is 12.5. The van der Waals surface area contributed by atoms with Crippen LogP contribution in [0, 0.1) is 11.3 Å². The minimum absolute atomic E-state index is 0.426. The number of ether oxygens (including phenoxy) is 1. The zero-order valence-electron chi connectivity index (χ0n) is 12.6. The van der Waals surface area contributed by atoms with Crippen LogP contribution in [0.1, 0.15) is 30.9 Å². The molecule has 1 aliphatic heterocycles. The average Bonchev–Trinajstić information content (AvgIpc) is 2.94. The van der Waals surface area contributed by atoms with Crippen LogP contribution in [-0.2, 0) is 6.42 Å². The van der Waals surface area contributed by atoms with Gasteiger partial charge < -0.3 is 9.64 Å². The maximum atomic E-state index is 5.38. The molecule has 0 radical (unpaired) electrons. The average molecular weight is 269 g/mol. The first-order valence-electron chi connectivity index (χ1n) is 7.74. The molecule has 2 heteroatoms. The third-order valence-corrected chi connectivity index (χ3v) is 6.07. The number of rotatable bonds is 1. The second-order valence-electron chi connectivity index (χ2n) is 6.79. The van der Waals surface area contributed by atoms with Crippen LogP contribution in [0.3, 0.4) is 0 Å². The highest BCUT2D eigenvalue weighted by Crippen LogP contribution is 2.60. The minimum Gasteiger partial charge on any atom is -0.497 e. The molecule has 0 amide bonds. The zero-order valence-corrected chi connectivity index (χ0v) is 12.6. The summed E-state index contributed by atoms with van der Waals surface area (Å²) in [6.07, 6.45) is 6.28. The fourth-order valence-corrected chi connectivity index (χ4v) is 4.93. The van der Waals surface area contributed by atoms with Crippen LogP contribution < -0.4 is 4.74 Å².